The normalized spacial score (nSPS) is 13.2. The van der Waals surface area contributed by atoms with E-state index in [1.165, 1.54) is 0 Å². The fourth-order valence-electron chi connectivity index (χ4n) is 0.671. The van der Waals surface area contributed by atoms with Crippen molar-refractivity contribution >= 4 is 21.9 Å². The molecule has 0 aromatic rings. The van der Waals surface area contributed by atoms with E-state index in [9.17, 15) is 9.18 Å². The molecular weight excluding hydrogens is 215 g/mol. The quantitative estimate of drug-likeness (QED) is 0.544. The zero-order chi connectivity index (χ0) is 8.85. The second-order valence-corrected chi connectivity index (χ2v) is 2.98. The molecule has 0 bridgehead atoms. The number of hydrogen-bond donors (Lipinski definition) is 0. The maximum absolute atomic E-state index is 12.2. The minimum atomic E-state index is -1.69. The first-order valence-electron chi connectivity index (χ1n) is 3.60. The first-order valence-corrected chi connectivity index (χ1v) is 4.52. The second-order valence-electron chi connectivity index (χ2n) is 2.18. The van der Waals surface area contributed by atoms with Gasteiger partial charge in [0.15, 0.2) is 0 Å². The van der Waals surface area contributed by atoms with Gasteiger partial charge in [-0.3, -0.25) is 0 Å². The van der Waals surface area contributed by atoms with E-state index in [1.54, 1.807) is 0 Å². The van der Waals surface area contributed by atoms with Crippen molar-refractivity contribution in [2.75, 3.05) is 0 Å². The van der Waals surface area contributed by atoms with E-state index in [0.29, 0.717) is 0 Å². The molecule has 0 aliphatic carbocycles. The largest absolute Gasteiger partial charge is 0.460 e. The van der Waals surface area contributed by atoms with Gasteiger partial charge in [0.25, 0.3) is 5.08 Å². The van der Waals surface area contributed by atoms with Crippen LogP contribution in [-0.4, -0.2) is 17.2 Å². The average Bonchev–Trinajstić information content (AvgIpc) is 1.99. The highest BCUT2D eigenvalue weighted by Gasteiger charge is 2.17. The Morgan fingerprint density at radius 1 is 1.55 bits per heavy atom. The zero-order valence-electron chi connectivity index (χ0n) is 6.64. The lowest BCUT2D eigenvalue weighted by Gasteiger charge is -2.13. The molecule has 0 N–H and O–H groups in total. The molecule has 0 aliphatic heterocycles. The number of halogens is 2. The molecule has 1 atom stereocenters. The summed E-state index contributed by atoms with van der Waals surface area (Å²) in [5.74, 6) is -0.835. The predicted octanol–water partition coefficient (Wildman–Crippen LogP) is 2.41. The average molecular weight is 227 g/mol. The Labute approximate surface area is 74.2 Å². The molecule has 0 aromatic heterocycles. The molecule has 0 radical (unpaired) electrons. The van der Waals surface area contributed by atoms with Crippen LogP contribution in [0.3, 0.4) is 0 Å². The van der Waals surface area contributed by atoms with Gasteiger partial charge < -0.3 is 4.74 Å². The minimum absolute atomic E-state index is 0.154. The molecule has 2 nitrogen and oxygen atoms in total. The van der Waals surface area contributed by atoms with Gasteiger partial charge in [-0.05, 0) is 28.8 Å². The van der Waals surface area contributed by atoms with Crippen molar-refractivity contribution in [1.29, 1.82) is 0 Å². The van der Waals surface area contributed by atoms with E-state index < -0.39 is 11.1 Å². The van der Waals surface area contributed by atoms with Gasteiger partial charge in [0.2, 0.25) is 0 Å². The van der Waals surface area contributed by atoms with Crippen molar-refractivity contribution < 1.29 is 13.9 Å². The number of rotatable bonds is 4. The minimum Gasteiger partial charge on any atom is -0.460 e. The van der Waals surface area contributed by atoms with Crippen LogP contribution in [0.5, 0.6) is 0 Å². The third kappa shape index (κ3) is 4.35. The van der Waals surface area contributed by atoms with Crippen molar-refractivity contribution in [3.63, 3.8) is 0 Å². The highest BCUT2D eigenvalue weighted by molar-refractivity contribution is 9.09. The molecule has 0 unspecified atom stereocenters. The molecular formula is C7H12BrFO2. The van der Waals surface area contributed by atoms with Gasteiger partial charge in [-0.25, -0.2) is 9.18 Å². The molecule has 0 spiro atoms. The van der Waals surface area contributed by atoms with Gasteiger partial charge in [-0.15, -0.1) is 0 Å². The number of carbonyl (C=O) groups is 1. The lowest BCUT2D eigenvalue weighted by molar-refractivity contribution is -0.151. The van der Waals surface area contributed by atoms with Gasteiger partial charge in [0.05, 0.1) is 0 Å². The van der Waals surface area contributed by atoms with Crippen LogP contribution < -0.4 is 0 Å². The van der Waals surface area contributed by atoms with Crippen molar-refractivity contribution in [2.45, 2.75) is 37.9 Å². The van der Waals surface area contributed by atoms with Gasteiger partial charge in [-0.1, -0.05) is 13.8 Å². The maximum Gasteiger partial charge on any atom is 0.352 e. The van der Waals surface area contributed by atoms with Crippen LogP contribution in [-0.2, 0) is 9.53 Å². The lowest BCUT2D eigenvalue weighted by atomic mass is 10.2. The summed E-state index contributed by atoms with van der Waals surface area (Å²) in [6, 6.07) is 0. The molecule has 0 amide bonds. The highest BCUT2D eigenvalue weighted by Crippen LogP contribution is 2.09. The van der Waals surface area contributed by atoms with Gasteiger partial charge in [0.1, 0.15) is 6.10 Å². The van der Waals surface area contributed by atoms with Crippen LogP contribution in [0.4, 0.5) is 4.39 Å². The van der Waals surface area contributed by atoms with Crippen molar-refractivity contribution in [3.8, 4) is 0 Å². The Hall–Kier alpha value is -0.120. The fraction of sp³-hybridized carbons (Fsp3) is 0.857. The Morgan fingerprint density at radius 2 is 2.00 bits per heavy atom. The van der Waals surface area contributed by atoms with E-state index >= 15 is 0 Å². The third-order valence-corrected chi connectivity index (χ3v) is 1.75. The summed E-state index contributed by atoms with van der Waals surface area (Å²) in [6.07, 6.45) is 1.29. The molecule has 0 heterocycles. The maximum atomic E-state index is 12.2. The SMILES string of the molecule is CCC(CC)OC(=O)[C@H](F)Br. The molecule has 11 heavy (non-hydrogen) atoms. The Morgan fingerprint density at radius 3 is 2.27 bits per heavy atom. The molecule has 0 saturated heterocycles. The Kier molecular flexibility index (Phi) is 5.46. The summed E-state index contributed by atoms with van der Waals surface area (Å²) in [7, 11) is 0. The summed E-state index contributed by atoms with van der Waals surface area (Å²) in [5.41, 5.74) is 0. The molecule has 66 valence electrons. The molecule has 0 aromatic carbocycles. The Bertz CT molecular complexity index is 124. The summed E-state index contributed by atoms with van der Waals surface area (Å²) in [6.45, 7) is 3.78. The molecule has 4 heteroatoms. The van der Waals surface area contributed by atoms with Gasteiger partial charge in [0, 0.05) is 0 Å². The van der Waals surface area contributed by atoms with Gasteiger partial charge in [-0.2, -0.15) is 0 Å². The van der Waals surface area contributed by atoms with E-state index in [-0.39, 0.29) is 6.10 Å². The number of esters is 1. The molecule has 0 saturated carbocycles. The van der Waals surface area contributed by atoms with Crippen LogP contribution in [0.15, 0.2) is 0 Å². The second kappa shape index (κ2) is 5.52. The highest BCUT2D eigenvalue weighted by atomic mass is 79.9. The van der Waals surface area contributed by atoms with Crippen LogP contribution in [0.1, 0.15) is 26.7 Å². The Balaban J connectivity index is 3.72. The number of ether oxygens (including phenoxy) is 1. The van der Waals surface area contributed by atoms with Crippen LogP contribution in [0.25, 0.3) is 0 Å². The van der Waals surface area contributed by atoms with Crippen molar-refractivity contribution in [1.82, 2.24) is 0 Å². The number of alkyl halides is 2. The van der Waals surface area contributed by atoms with Crippen molar-refractivity contribution in [2.24, 2.45) is 0 Å². The van der Waals surface area contributed by atoms with E-state index in [0.717, 1.165) is 12.8 Å². The topological polar surface area (TPSA) is 26.3 Å². The van der Waals surface area contributed by atoms with Crippen LogP contribution in [0, 0.1) is 0 Å². The molecule has 0 fully saturated rings. The molecule has 0 rings (SSSR count). The monoisotopic (exact) mass is 226 g/mol. The van der Waals surface area contributed by atoms with Gasteiger partial charge >= 0.3 is 5.97 Å². The molecule has 0 aliphatic rings. The number of hydrogen-bond acceptors (Lipinski definition) is 2. The standard InChI is InChI=1S/C7H12BrFO2/c1-3-5(4-2)11-7(10)6(8)9/h5-6H,3-4H2,1-2H3/t6-/m0/s1. The van der Waals surface area contributed by atoms with Crippen LogP contribution in [0.2, 0.25) is 0 Å². The van der Waals surface area contributed by atoms with E-state index in [4.69, 9.17) is 4.74 Å². The zero-order valence-corrected chi connectivity index (χ0v) is 8.23. The summed E-state index contributed by atoms with van der Waals surface area (Å²) >= 11 is 2.49. The van der Waals surface area contributed by atoms with Crippen molar-refractivity contribution in [3.05, 3.63) is 0 Å². The fourth-order valence-corrected chi connectivity index (χ4v) is 0.779. The smallest absolute Gasteiger partial charge is 0.352 e. The first-order chi connectivity index (χ1) is 5.11. The van der Waals surface area contributed by atoms with E-state index in [2.05, 4.69) is 15.9 Å². The van der Waals surface area contributed by atoms with E-state index in [1.807, 2.05) is 13.8 Å². The first kappa shape index (κ1) is 10.9. The predicted molar refractivity (Wildman–Crippen MR) is 44.3 cm³/mol. The summed E-state index contributed by atoms with van der Waals surface area (Å²) < 4.78 is 16.9. The summed E-state index contributed by atoms with van der Waals surface area (Å²) in [5, 5.41) is -1.69. The lowest BCUT2D eigenvalue weighted by Crippen LogP contribution is -2.20. The third-order valence-electron chi connectivity index (χ3n) is 1.37. The van der Waals surface area contributed by atoms with Crippen LogP contribution >= 0.6 is 15.9 Å². The summed E-state index contributed by atoms with van der Waals surface area (Å²) in [4.78, 5) is 10.6. The number of carbonyl (C=O) groups excluding carboxylic acids is 1.